The number of urea groups is 1. The summed E-state index contributed by atoms with van der Waals surface area (Å²) in [4.78, 5) is 11.6. The molecule has 9 nitrogen and oxygen atoms in total. The topological polar surface area (TPSA) is 135 Å². The molecular weight excluding hydrogens is 334 g/mol. The Morgan fingerprint density at radius 1 is 1.42 bits per heavy atom. The smallest absolute Gasteiger partial charge is 0.344 e. The number of amides is 2. The minimum absolute atomic E-state index is 0.145. The number of rotatable bonds is 5. The number of fused-ring (bicyclic) bond motifs is 1. The van der Waals surface area contributed by atoms with E-state index < -0.39 is 15.7 Å². The van der Waals surface area contributed by atoms with Crippen molar-refractivity contribution in [3.05, 3.63) is 23.8 Å². The van der Waals surface area contributed by atoms with Gasteiger partial charge in [0.2, 0.25) is 0 Å². The van der Waals surface area contributed by atoms with Crippen molar-refractivity contribution in [2.24, 2.45) is 10.1 Å². The predicted octanol–water partition coefficient (Wildman–Crippen LogP) is 0.539. The Morgan fingerprint density at radius 2 is 2.12 bits per heavy atom. The van der Waals surface area contributed by atoms with Gasteiger partial charge in [0.05, 0.1) is 16.8 Å². The molecule has 1 aliphatic heterocycles. The van der Waals surface area contributed by atoms with Gasteiger partial charge in [-0.05, 0) is 32.9 Å². The second-order valence-electron chi connectivity index (χ2n) is 5.89. The highest BCUT2D eigenvalue weighted by atomic mass is 32.2. The van der Waals surface area contributed by atoms with Crippen LogP contribution in [-0.4, -0.2) is 39.0 Å². The highest BCUT2D eigenvalue weighted by Crippen LogP contribution is 2.30. The van der Waals surface area contributed by atoms with Gasteiger partial charge in [0.15, 0.2) is 5.84 Å². The number of nitrogens with one attached hydrogen (secondary N) is 3. The van der Waals surface area contributed by atoms with Crippen LogP contribution in [0.25, 0.3) is 0 Å². The van der Waals surface area contributed by atoms with Crippen molar-refractivity contribution < 1.29 is 17.9 Å². The van der Waals surface area contributed by atoms with Crippen LogP contribution in [0.15, 0.2) is 22.6 Å². The second-order valence-corrected chi connectivity index (χ2v) is 7.23. The number of ether oxygens (including phenoxy) is 1. The van der Waals surface area contributed by atoms with Gasteiger partial charge in [-0.25, -0.2) is 4.79 Å². The summed E-state index contributed by atoms with van der Waals surface area (Å²) in [6.07, 6.45) is 0. The van der Waals surface area contributed by atoms with E-state index in [1.54, 1.807) is 32.0 Å². The van der Waals surface area contributed by atoms with Crippen LogP contribution in [0.5, 0.6) is 5.75 Å². The molecule has 0 saturated carbocycles. The van der Waals surface area contributed by atoms with Crippen LogP contribution in [0.2, 0.25) is 0 Å². The third-order valence-corrected chi connectivity index (χ3v) is 4.03. The van der Waals surface area contributed by atoms with E-state index in [1.807, 2.05) is 6.92 Å². The highest BCUT2D eigenvalue weighted by Gasteiger charge is 2.26. The van der Waals surface area contributed by atoms with Crippen LogP contribution in [0.3, 0.4) is 0 Å². The summed E-state index contributed by atoms with van der Waals surface area (Å²) >= 11 is 0. The minimum Gasteiger partial charge on any atom is -0.490 e. The monoisotopic (exact) mass is 355 g/mol. The van der Waals surface area contributed by atoms with Gasteiger partial charge in [-0.2, -0.15) is 8.42 Å². The average Bonchev–Trinajstić information content (AvgIpc) is 2.43. The normalized spacial score (nSPS) is 15.5. The van der Waals surface area contributed by atoms with E-state index in [4.69, 9.17) is 10.5 Å². The van der Waals surface area contributed by atoms with Crippen molar-refractivity contribution in [3.63, 3.8) is 0 Å². The van der Waals surface area contributed by atoms with E-state index in [-0.39, 0.29) is 18.5 Å². The van der Waals surface area contributed by atoms with E-state index in [9.17, 15) is 13.2 Å². The molecule has 0 saturated heterocycles. The number of hydrogen-bond acceptors (Lipinski definition) is 5. The van der Waals surface area contributed by atoms with Crippen molar-refractivity contribution in [2.75, 3.05) is 17.9 Å². The summed E-state index contributed by atoms with van der Waals surface area (Å²) in [5.74, 6) is 0.232. The average molecular weight is 355 g/mol. The number of benzene rings is 1. The van der Waals surface area contributed by atoms with E-state index in [0.717, 1.165) is 0 Å². The van der Waals surface area contributed by atoms with Gasteiger partial charge in [0, 0.05) is 6.54 Å². The molecule has 2 rings (SSSR count). The molecule has 132 valence electrons. The van der Waals surface area contributed by atoms with Crippen LogP contribution in [0, 0.1) is 0 Å². The Hall–Kier alpha value is -2.49. The van der Waals surface area contributed by atoms with Gasteiger partial charge < -0.3 is 21.1 Å². The number of carbonyl (C=O) groups is 1. The number of anilines is 1. The molecular formula is C14H21N5O4S. The van der Waals surface area contributed by atoms with Gasteiger partial charge in [0.1, 0.15) is 12.4 Å². The molecule has 1 aliphatic rings. The molecule has 0 aromatic heterocycles. The zero-order chi connectivity index (χ0) is 18.0. The summed E-state index contributed by atoms with van der Waals surface area (Å²) in [6.45, 7) is 6.10. The van der Waals surface area contributed by atoms with Crippen LogP contribution in [0.4, 0.5) is 10.5 Å². The fraction of sp³-hybridized carbons (Fsp3) is 0.429. The number of amidine groups is 1. The molecule has 1 aromatic rings. The quantitative estimate of drug-likeness (QED) is 0.611. The minimum atomic E-state index is -3.84. The zero-order valence-corrected chi connectivity index (χ0v) is 14.5. The van der Waals surface area contributed by atoms with Gasteiger partial charge >= 0.3 is 16.2 Å². The fourth-order valence-corrected chi connectivity index (χ4v) is 2.99. The molecule has 0 bridgehead atoms. The van der Waals surface area contributed by atoms with Gasteiger partial charge in [-0.15, -0.1) is 4.40 Å². The van der Waals surface area contributed by atoms with Crippen molar-refractivity contribution in [1.29, 1.82) is 0 Å². The largest absolute Gasteiger partial charge is 0.490 e. The Balaban J connectivity index is 2.16. The first-order valence-electron chi connectivity index (χ1n) is 7.34. The first-order chi connectivity index (χ1) is 11.1. The summed E-state index contributed by atoms with van der Waals surface area (Å²) in [5, 5.41) is 5.43. The van der Waals surface area contributed by atoms with E-state index in [0.29, 0.717) is 23.5 Å². The summed E-state index contributed by atoms with van der Waals surface area (Å²) < 4.78 is 34.6. The third-order valence-electron chi connectivity index (χ3n) is 3.12. The number of nitrogens with zero attached hydrogens (tertiary/aromatic N) is 1. The third kappa shape index (κ3) is 4.28. The molecule has 1 heterocycles. The van der Waals surface area contributed by atoms with Crippen molar-refractivity contribution in [1.82, 2.24) is 10.6 Å². The first kappa shape index (κ1) is 17.9. The summed E-state index contributed by atoms with van der Waals surface area (Å²) in [7, 11) is -3.84. The number of nitrogens with two attached hydrogens (primary N) is 1. The van der Waals surface area contributed by atoms with E-state index in [1.165, 1.54) is 0 Å². The standard InChI is InChI=1S/C14H21N5O4S/c1-4-16-13(20)17-14(2,3)8-23-10-7-5-6-9-11(10)12(15)19-24(21,22)18-9/h5-7,18H,4,8H2,1-3H3,(H2,15,19)(H2,16,17,20). The first-order valence-corrected chi connectivity index (χ1v) is 8.78. The molecule has 5 N–H and O–H groups in total. The van der Waals surface area contributed by atoms with Crippen LogP contribution in [-0.2, 0) is 10.2 Å². The lowest BCUT2D eigenvalue weighted by atomic mass is 10.1. The Kier molecular flexibility index (Phi) is 4.88. The zero-order valence-electron chi connectivity index (χ0n) is 13.7. The Morgan fingerprint density at radius 3 is 2.79 bits per heavy atom. The number of hydrogen-bond donors (Lipinski definition) is 4. The van der Waals surface area contributed by atoms with Gasteiger partial charge in [-0.3, -0.25) is 4.72 Å². The fourth-order valence-electron chi connectivity index (χ4n) is 2.14. The van der Waals surface area contributed by atoms with E-state index in [2.05, 4.69) is 19.8 Å². The van der Waals surface area contributed by atoms with Crippen LogP contribution < -0.4 is 25.8 Å². The van der Waals surface area contributed by atoms with Crippen molar-refractivity contribution in [2.45, 2.75) is 26.3 Å². The lowest BCUT2D eigenvalue weighted by Gasteiger charge is -2.27. The molecule has 0 atom stereocenters. The van der Waals surface area contributed by atoms with Crippen molar-refractivity contribution in [3.8, 4) is 5.75 Å². The lowest BCUT2D eigenvalue weighted by Crippen LogP contribution is -2.51. The maximum absolute atomic E-state index is 11.6. The molecule has 10 heteroatoms. The molecule has 1 aromatic carbocycles. The van der Waals surface area contributed by atoms with Crippen molar-refractivity contribution >= 4 is 27.8 Å². The van der Waals surface area contributed by atoms with Gasteiger partial charge in [0.25, 0.3) is 0 Å². The summed E-state index contributed by atoms with van der Waals surface area (Å²) in [5.41, 5.74) is 5.78. The molecule has 0 radical (unpaired) electrons. The molecule has 0 unspecified atom stereocenters. The molecule has 0 aliphatic carbocycles. The molecule has 2 amide bonds. The highest BCUT2D eigenvalue weighted by molar-refractivity contribution is 7.91. The van der Waals surface area contributed by atoms with Crippen LogP contribution >= 0.6 is 0 Å². The summed E-state index contributed by atoms with van der Waals surface area (Å²) in [6, 6.07) is 4.57. The predicted molar refractivity (Wildman–Crippen MR) is 91.5 cm³/mol. The van der Waals surface area contributed by atoms with E-state index >= 15 is 0 Å². The number of carbonyl (C=O) groups excluding carboxylic acids is 1. The maximum atomic E-state index is 11.6. The van der Waals surface area contributed by atoms with Gasteiger partial charge in [-0.1, -0.05) is 6.07 Å². The molecule has 0 fully saturated rings. The SMILES string of the molecule is CCNC(=O)NC(C)(C)COc1cccc2c1C(N)=NS(=O)(=O)N2. The molecule has 0 spiro atoms. The Labute approximate surface area is 140 Å². The van der Waals surface area contributed by atoms with Crippen LogP contribution in [0.1, 0.15) is 26.3 Å². The Bertz CT molecular complexity index is 773. The maximum Gasteiger partial charge on any atom is 0.344 e. The lowest BCUT2D eigenvalue weighted by molar-refractivity contribution is 0.195. The molecule has 24 heavy (non-hydrogen) atoms. The second kappa shape index (κ2) is 6.56.